The van der Waals surface area contributed by atoms with Crippen LogP contribution in [-0.2, 0) is 12.5 Å². The highest BCUT2D eigenvalue weighted by atomic mass is 19.4. The molecule has 0 saturated heterocycles. The SMILES string of the molecule is CCCCc1cnnn1C(F)(F)C(F)C(F)(F)F. The molecule has 0 fully saturated rings. The van der Waals surface area contributed by atoms with Gasteiger partial charge in [-0.05, 0) is 12.8 Å². The molecule has 1 unspecified atom stereocenters. The van der Waals surface area contributed by atoms with Gasteiger partial charge in [0, 0.05) is 0 Å². The zero-order valence-electron chi connectivity index (χ0n) is 9.39. The summed E-state index contributed by atoms with van der Waals surface area (Å²) in [4.78, 5) is 0. The largest absolute Gasteiger partial charge is 0.427 e. The van der Waals surface area contributed by atoms with Crippen molar-refractivity contribution < 1.29 is 26.3 Å². The second-order valence-corrected chi connectivity index (χ2v) is 3.73. The number of alkyl halides is 6. The van der Waals surface area contributed by atoms with Crippen molar-refractivity contribution in [1.82, 2.24) is 15.0 Å². The molecule has 0 aromatic carbocycles. The molecular formula is C9H11F6N3. The number of hydrogen-bond donors (Lipinski definition) is 0. The number of rotatable bonds is 5. The molecule has 0 amide bonds. The van der Waals surface area contributed by atoms with E-state index in [1.165, 1.54) is 0 Å². The highest BCUT2D eigenvalue weighted by Gasteiger charge is 2.59. The van der Waals surface area contributed by atoms with E-state index in [9.17, 15) is 26.3 Å². The molecule has 18 heavy (non-hydrogen) atoms. The summed E-state index contributed by atoms with van der Waals surface area (Å²) in [5.74, 6) is 0. The number of nitrogens with zero attached hydrogens (tertiary/aromatic N) is 3. The molecule has 0 aliphatic rings. The first-order chi connectivity index (χ1) is 8.21. The quantitative estimate of drug-likeness (QED) is 0.773. The number of halogens is 6. The molecule has 0 radical (unpaired) electrons. The fraction of sp³-hybridized carbons (Fsp3) is 0.778. The first-order valence-corrected chi connectivity index (χ1v) is 5.20. The van der Waals surface area contributed by atoms with Crippen molar-refractivity contribution in [2.75, 3.05) is 0 Å². The van der Waals surface area contributed by atoms with Crippen molar-refractivity contribution in [3.63, 3.8) is 0 Å². The van der Waals surface area contributed by atoms with Crippen LogP contribution in [0.5, 0.6) is 0 Å². The van der Waals surface area contributed by atoms with Crippen molar-refractivity contribution in [3.05, 3.63) is 11.9 Å². The Labute approximate surface area is 98.8 Å². The molecule has 9 heteroatoms. The minimum Gasteiger partial charge on any atom is -0.228 e. The number of aryl methyl sites for hydroxylation is 1. The summed E-state index contributed by atoms with van der Waals surface area (Å²) in [7, 11) is 0. The van der Waals surface area contributed by atoms with Crippen LogP contribution in [0.15, 0.2) is 6.20 Å². The fourth-order valence-corrected chi connectivity index (χ4v) is 1.34. The Hall–Kier alpha value is -1.28. The van der Waals surface area contributed by atoms with Crippen LogP contribution in [-0.4, -0.2) is 27.3 Å². The monoisotopic (exact) mass is 275 g/mol. The molecule has 1 aromatic rings. The zero-order chi connectivity index (χ0) is 14.0. The molecule has 1 heterocycles. The van der Waals surface area contributed by atoms with Crippen LogP contribution in [0.2, 0.25) is 0 Å². The molecule has 0 N–H and O–H groups in total. The lowest BCUT2D eigenvalue weighted by molar-refractivity contribution is -0.276. The van der Waals surface area contributed by atoms with Gasteiger partial charge in [0.2, 0.25) is 0 Å². The normalized spacial score (nSPS) is 14.8. The van der Waals surface area contributed by atoms with Gasteiger partial charge >= 0.3 is 12.2 Å². The molecule has 0 aliphatic heterocycles. The molecule has 1 aromatic heterocycles. The molecule has 104 valence electrons. The van der Waals surface area contributed by atoms with Gasteiger partial charge in [-0.3, -0.25) is 0 Å². The van der Waals surface area contributed by atoms with Gasteiger partial charge in [-0.15, -0.1) is 5.10 Å². The standard InChI is InChI=1S/C9H11F6N3/c1-2-3-4-6-5-16-17-18(6)9(14,15)7(10)8(11,12)13/h5,7H,2-4H2,1H3. The van der Waals surface area contributed by atoms with Crippen molar-refractivity contribution >= 4 is 0 Å². The van der Waals surface area contributed by atoms with Crippen LogP contribution in [0.1, 0.15) is 25.5 Å². The van der Waals surface area contributed by atoms with Gasteiger partial charge in [0.25, 0.3) is 6.17 Å². The summed E-state index contributed by atoms with van der Waals surface area (Å²) in [6.45, 7) is 1.78. The summed E-state index contributed by atoms with van der Waals surface area (Å²) < 4.78 is 75.2. The van der Waals surface area contributed by atoms with Crippen LogP contribution in [0, 0.1) is 0 Å². The average Bonchev–Trinajstić information content (AvgIpc) is 2.72. The minimum atomic E-state index is -5.66. The van der Waals surface area contributed by atoms with E-state index in [1.54, 1.807) is 6.92 Å². The third-order valence-electron chi connectivity index (χ3n) is 2.28. The highest BCUT2D eigenvalue weighted by Crippen LogP contribution is 2.38. The first-order valence-electron chi connectivity index (χ1n) is 5.20. The Balaban J connectivity index is 3.01. The minimum absolute atomic E-state index is 0.0592. The smallest absolute Gasteiger partial charge is 0.228 e. The Morgan fingerprint density at radius 1 is 1.28 bits per heavy atom. The van der Waals surface area contributed by atoms with Gasteiger partial charge < -0.3 is 0 Å². The Bertz CT molecular complexity index is 386. The van der Waals surface area contributed by atoms with E-state index in [4.69, 9.17) is 0 Å². The van der Waals surface area contributed by atoms with Crippen molar-refractivity contribution in [1.29, 1.82) is 0 Å². The Morgan fingerprint density at radius 2 is 1.89 bits per heavy atom. The summed E-state index contributed by atoms with van der Waals surface area (Å²) in [6.07, 6.45) is -7.89. The molecule has 0 bridgehead atoms. The third-order valence-corrected chi connectivity index (χ3v) is 2.28. The molecule has 0 spiro atoms. The second-order valence-electron chi connectivity index (χ2n) is 3.73. The van der Waals surface area contributed by atoms with E-state index in [-0.39, 0.29) is 16.8 Å². The highest BCUT2D eigenvalue weighted by molar-refractivity contribution is 4.98. The third kappa shape index (κ3) is 2.94. The van der Waals surface area contributed by atoms with Gasteiger partial charge in [0.15, 0.2) is 0 Å². The van der Waals surface area contributed by atoms with E-state index < -0.39 is 18.4 Å². The maximum Gasteiger partial charge on any atom is 0.427 e. The molecular weight excluding hydrogens is 264 g/mol. The molecule has 0 saturated carbocycles. The Kier molecular flexibility index (Phi) is 4.23. The van der Waals surface area contributed by atoms with Crippen LogP contribution < -0.4 is 0 Å². The molecule has 3 nitrogen and oxygen atoms in total. The van der Waals surface area contributed by atoms with Gasteiger partial charge in [0.1, 0.15) is 0 Å². The van der Waals surface area contributed by atoms with Gasteiger partial charge in [0.05, 0.1) is 11.9 Å². The van der Waals surface area contributed by atoms with E-state index in [2.05, 4.69) is 10.3 Å². The summed E-state index contributed by atoms with van der Waals surface area (Å²) in [6, 6.07) is -4.79. The zero-order valence-corrected chi connectivity index (χ0v) is 9.39. The Morgan fingerprint density at radius 3 is 2.39 bits per heavy atom. The van der Waals surface area contributed by atoms with Crippen LogP contribution in [0.3, 0.4) is 0 Å². The topological polar surface area (TPSA) is 30.7 Å². The van der Waals surface area contributed by atoms with Crippen molar-refractivity contribution in [2.45, 2.75) is 44.6 Å². The van der Waals surface area contributed by atoms with Crippen LogP contribution >= 0.6 is 0 Å². The first kappa shape index (κ1) is 14.8. The summed E-state index contributed by atoms with van der Waals surface area (Å²) >= 11 is 0. The lowest BCUT2D eigenvalue weighted by Gasteiger charge is -2.23. The predicted molar refractivity (Wildman–Crippen MR) is 49.8 cm³/mol. The van der Waals surface area contributed by atoms with Gasteiger partial charge in [-0.2, -0.15) is 26.6 Å². The number of aromatic nitrogens is 3. The van der Waals surface area contributed by atoms with Gasteiger partial charge in [-0.25, -0.2) is 4.39 Å². The molecule has 1 rings (SSSR count). The van der Waals surface area contributed by atoms with E-state index in [0.717, 1.165) is 6.20 Å². The molecule has 0 aliphatic carbocycles. The molecule has 1 atom stereocenters. The number of unbranched alkanes of at least 4 members (excludes halogenated alkanes) is 1. The predicted octanol–water partition coefficient (Wildman–Crippen LogP) is 3.07. The lowest BCUT2D eigenvalue weighted by atomic mass is 10.2. The maximum atomic E-state index is 13.3. The summed E-state index contributed by atoms with van der Waals surface area (Å²) in [5, 5.41) is 5.96. The number of hydrogen-bond acceptors (Lipinski definition) is 2. The van der Waals surface area contributed by atoms with E-state index in [0.29, 0.717) is 12.8 Å². The fourth-order valence-electron chi connectivity index (χ4n) is 1.34. The van der Waals surface area contributed by atoms with Crippen molar-refractivity contribution in [2.24, 2.45) is 0 Å². The summed E-state index contributed by atoms with van der Waals surface area (Å²) in [5.41, 5.74) is -0.228. The van der Waals surface area contributed by atoms with Gasteiger partial charge in [-0.1, -0.05) is 18.6 Å². The maximum absolute atomic E-state index is 13.3. The van der Waals surface area contributed by atoms with E-state index >= 15 is 0 Å². The second kappa shape index (κ2) is 5.15. The van der Waals surface area contributed by atoms with Crippen LogP contribution in [0.25, 0.3) is 0 Å². The van der Waals surface area contributed by atoms with Crippen LogP contribution in [0.4, 0.5) is 26.3 Å². The average molecular weight is 275 g/mol. The van der Waals surface area contributed by atoms with Crippen molar-refractivity contribution in [3.8, 4) is 0 Å². The lowest BCUT2D eigenvalue weighted by Crippen LogP contribution is -2.45. The van der Waals surface area contributed by atoms with E-state index in [1.807, 2.05) is 0 Å².